The highest BCUT2D eigenvalue weighted by molar-refractivity contribution is 8.00. The van der Waals surface area contributed by atoms with E-state index >= 15 is 0 Å². The van der Waals surface area contributed by atoms with Crippen molar-refractivity contribution < 1.29 is 4.79 Å². The van der Waals surface area contributed by atoms with Gasteiger partial charge in [-0.15, -0.1) is 0 Å². The first kappa shape index (κ1) is 8.91. The van der Waals surface area contributed by atoms with E-state index in [1.54, 1.807) is 0 Å². The average Bonchev–Trinajstić information content (AvgIpc) is 2.37. The van der Waals surface area contributed by atoms with Crippen LogP contribution in [0.25, 0.3) is 0 Å². The number of carbonyl (C=O) groups is 1. The van der Waals surface area contributed by atoms with Crippen LogP contribution in [-0.2, 0) is 4.79 Å². The van der Waals surface area contributed by atoms with Gasteiger partial charge in [0.1, 0.15) is 0 Å². The maximum atomic E-state index is 11.0. The summed E-state index contributed by atoms with van der Waals surface area (Å²) in [5.74, 6) is 1.37. The van der Waals surface area contributed by atoms with E-state index in [4.69, 9.17) is 0 Å². The Morgan fingerprint density at radius 3 is 2.91 bits per heavy atom. The molecular formula is C8H15NOS. The van der Waals surface area contributed by atoms with Gasteiger partial charge >= 0.3 is 0 Å². The molecule has 1 fully saturated rings. The second-order valence-electron chi connectivity index (χ2n) is 2.89. The van der Waals surface area contributed by atoms with Gasteiger partial charge in [-0.3, -0.25) is 4.79 Å². The van der Waals surface area contributed by atoms with Crippen LogP contribution in [0.15, 0.2) is 0 Å². The first-order valence-corrected chi connectivity index (χ1v) is 5.20. The minimum Gasteiger partial charge on any atom is -0.352 e. The number of rotatable bonds is 2. The molecule has 0 bridgehead atoms. The van der Waals surface area contributed by atoms with Crippen LogP contribution < -0.4 is 5.32 Å². The number of carbonyl (C=O) groups excluding carboxylic acids is 1. The third-order valence-electron chi connectivity index (χ3n) is 2.04. The molecule has 1 saturated heterocycles. The van der Waals surface area contributed by atoms with E-state index in [1.807, 2.05) is 18.7 Å². The smallest absolute Gasteiger partial charge is 0.219 e. The molecule has 0 aromatic heterocycles. The molecule has 2 nitrogen and oxygen atoms in total. The molecule has 2 unspecified atom stereocenters. The van der Waals surface area contributed by atoms with Gasteiger partial charge in [0.25, 0.3) is 0 Å². The molecule has 1 amide bonds. The Morgan fingerprint density at radius 1 is 1.73 bits per heavy atom. The zero-order valence-electron chi connectivity index (χ0n) is 7.09. The van der Waals surface area contributed by atoms with Gasteiger partial charge in [-0.2, -0.15) is 11.8 Å². The van der Waals surface area contributed by atoms with Crippen LogP contribution in [0.1, 0.15) is 26.7 Å². The molecule has 1 aliphatic rings. The quantitative estimate of drug-likeness (QED) is 0.684. The predicted octanol–water partition coefficient (Wildman–Crippen LogP) is 1.41. The Bertz CT molecular complexity index is 149. The summed E-state index contributed by atoms with van der Waals surface area (Å²) in [6.45, 7) is 4.07. The fourth-order valence-electron chi connectivity index (χ4n) is 1.23. The molecule has 64 valence electrons. The first-order chi connectivity index (χ1) is 5.24. The zero-order chi connectivity index (χ0) is 8.27. The summed E-state index contributed by atoms with van der Waals surface area (Å²) in [5, 5.41) is 3.62. The Labute approximate surface area is 72.1 Å². The fraction of sp³-hybridized carbons (Fsp3) is 0.875. The van der Waals surface area contributed by atoms with Crippen molar-refractivity contribution in [2.24, 2.45) is 0 Å². The Morgan fingerprint density at radius 2 is 2.45 bits per heavy atom. The molecular weight excluding hydrogens is 158 g/mol. The third-order valence-corrected chi connectivity index (χ3v) is 3.37. The molecule has 0 aromatic carbocycles. The maximum absolute atomic E-state index is 11.0. The van der Waals surface area contributed by atoms with Crippen molar-refractivity contribution in [3.63, 3.8) is 0 Å². The Kier molecular flexibility index (Phi) is 3.24. The summed E-state index contributed by atoms with van der Waals surface area (Å²) in [5.41, 5.74) is 0. The van der Waals surface area contributed by atoms with Gasteiger partial charge in [0.2, 0.25) is 5.91 Å². The number of nitrogens with one attached hydrogen (secondary N) is 1. The normalized spacial score (nSPS) is 30.4. The van der Waals surface area contributed by atoms with Crippen LogP contribution in [0.5, 0.6) is 0 Å². The van der Waals surface area contributed by atoms with Crippen LogP contribution in [0, 0.1) is 0 Å². The van der Waals surface area contributed by atoms with Crippen LogP contribution in [-0.4, -0.2) is 23.0 Å². The number of hydrogen-bond acceptors (Lipinski definition) is 2. The molecule has 1 heterocycles. The van der Waals surface area contributed by atoms with Gasteiger partial charge in [-0.05, 0) is 12.2 Å². The second kappa shape index (κ2) is 4.00. The standard InChI is InChI=1S/C8H15NOS/c1-3-8(10)9-7-4-5-11-6(7)2/h6-7H,3-5H2,1-2H3,(H,9,10). The van der Waals surface area contributed by atoms with Gasteiger partial charge in [0, 0.05) is 17.7 Å². The van der Waals surface area contributed by atoms with Gasteiger partial charge < -0.3 is 5.32 Å². The Balaban J connectivity index is 2.30. The largest absolute Gasteiger partial charge is 0.352 e. The topological polar surface area (TPSA) is 29.1 Å². The van der Waals surface area contributed by atoms with Crippen LogP contribution in [0.2, 0.25) is 0 Å². The Hall–Kier alpha value is -0.180. The van der Waals surface area contributed by atoms with E-state index in [0.717, 1.165) is 6.42 Å². The lowest BCUT2D eigenvalue weighted by Gasteiger charge is -2.15. The highest BCUT2D eigenvalue weighted by Gasteiger charge is 2.24. The summed E-state index contributed by atoms with van der Waals surface area (Å²) < 4.78 is 0. The molecule has 11 heavy (non-hydrogen) atoms. The number of amides is 1. The van der Waals surface area contributed by atoms with Crippen LogP contribution >= 0.6 is 11.8 Å². The molecule has 0 radical (unpaired) electrons. The van der Waals surface area contributed by atoms with E-state index in [1.165, 1.54) is 5.75 Å². The lowest BCUT2D eigenvalue weighted by molar-refractivity contribution is -0.121. The molecule has 3 heteroatoms. The van der Waals surface area contributed by atoms with Gasteiger partial charge in [-0.25, -0.2) is 0 Å². The summed E-state index contributed by atoms with van der Waals surface area (Å²) >= 11 is 1.94. The highest BCUT2D eigenvalue weighted by atomic mass is 32.2. The van der Waals surface area contributed by atoms with Crippen molar-refractivity contribution in [2.75, 3.05) is 5.75 Å². The van der Waals surface area contributed by atoms with E-state index < -0.39 is 0 Å². The van der Waals surface area contributed by atoms with Gasteiger partial charge in [-0.1, -0.05) is 13.8 Å². The molecule has 1 N–H and O–H groups in total. The average molecular weight is 173 g/mol. The van der Waals surface area contributed by atoms with Crippen molar-refractivity contribution in [3.8, 4) is 0 Å². The predicted molar refractivity (Wildman–Crippen MR) is 48.8 cm³/mol. The van der Waals surface area contributed by atoms with Crippen LogP contribution in [0.3, 0.4) is 0 Å². The minimum absolute atomic E-state index is 0.185. The third kappa shape index (κ3) is 2.40. The molecule has 0 saturated carbocycles. The molecule has 0 aliphatic carbocycles. The van der Waals surface area contributed by atoms with Crippen LogP contribution in [0.4, 0.5) is 0 Å². The maximum Gasteiger partial charge on any atom is 0.219 e. The SMILES string of the molecule is CCC(=O)NC1CCSC1C. The summed E-state index contributed by atoms with van der Waals surface area (Å²) in [6.07, 6.45) is 1.74. The van der Waals surface area contributed by atoms with Crippen molar-refractivity contribution >= 4 is 17.7 Å². The van der Waals surface area contributed by atoms with Gasteiger partial charge in [0.15, 0.2) is 0 Å². The lowest BCUT2D eigenvalue weighted by atomic mass is 10.1. The molecule has 1 aliphatic heterocycles. The summed E-state index contributed by atoms with van der Waals surface area (Å²) in [7, 11) is 0. The first-order valence-electron chi connectivity index (χ1n) is 4.15. The zero-order valence-corrected chi connectivity index (χ0v) is 7.91. The highest BCUT2D eigenvalue weighted by Crippen LogP contribution is 2.25. The van der Waals surface area contributed by atoms with E-state index in [0.29, 0.717) is 17.7 Å². The summed E-state index contributed by atoms with van der Waals surface area (Å²) in [6, 6.07) is 0.424. The molecule has 2 atom stereocenters. The lowest BCUT2D eigenvalue weighted by Crippen LogP contribution is -2.37. The fourth-order valence-corrected chi connectivity index (χ4v) is 2.43. The monoisotopic (exact) mass is 173 g/mol. The van der Waals surface area contributed by atoms with Crippen molar-refractivity contribution in [3.05, 3.63) is 0 Å². The second-order valence-corrected chi connectivity index (χ2v) is 4.38. The van der Waals surface area contributed by atoms with Crippen molar-refractivity contribution in [2.45, 2.75) is 38.0 Å². The molecule has 0 spiro atoms. The number of hydrogen-bond donors (Lipinski definition) is 1. The number of thioether (sulfide) groups is 1. The minimum atomic E-state index is 0.185. The van der Waals surface area contributed by atoms with Crippen molar-refractivity contribution in [1.82, 2.24) is 5.32 Å². The van der Waals surface area contributed by atoms with E-state index in [9.17, 15) is 4.79 Å². The van der Waals surface area contributed by atoms with Gasteiger partial charge in [0.05, 0.1) is 0 Å². The summed E-state index contributed by atoms with van der Waals surface area (Å²) in [4.78, 5) is 11.0. The van der Waals surface area contributed by atoms with E-state index in [-0.39, 0.29) is 5.91 Å². The molecule has 1 rings (SSSR count). The molecule has 0 aromatic rings. The van der Waals surface area contributed by atoms with E-state index in [2.05, 4.69) is 12.2 Å². The van der Waals surface area contributed by atoms with Crippen molar-refractivity contribution in [1.29, 1.82) is 0 Å².